The Morgan fingerprint density at radius 1 is 1.20 bits per heavy atom. The Hall–Kier alpha value is 0.570. The second-order valence-corrected chi connectivity index (χ2v) is 7.19. The molecule has 0 fully saturated rings. The lowest BCUT2D eigenvalue weighted by Crippen LogP contribution is -2.68. The Morgan fingerprint density at radius 3 is 1.87 bits per heavy atom. The molecule has 1 heterocycles. The van der Waals surface area contributed by atoms with Gasteiger partial charge in [-0.1, -0.05) is 32.5 Å². The summed E-state index contributed by atoms with van der Waals surface area (Å²) in [5, 5.41) is 0. The van der Waals surface area contributed by atoms with Gasteiger partial charge in [0.05, 0.1) is 0 Å². The average Bonchev–Trinajstić information content (AvgIpc) is 2.01. The first-order chi connectivity index (χ1) is 6.61. The Morgan fingerprint density at radius 2 is 1.67 bits per heavy atom. The minimum absolute atomic E-state index is 0.412. The lowest BCUT2D eigenvalue weighted by Gasteiger charge is -2.17. The highest BCUT2D eigenvalue weighted by Gasteiger charge is 2.29. The first-order valence-corrected chi connectivity index (χ1v) is 7.56. The SMILES string of the molecule is CC(C)(C)C1=[S+]CCCS1.[O-][Cl+3]([O-])([O-])[O-]. The molecule has 0 aliphatic carbocycles. The molecule has 1 aliphatic rings. The molecule has 0 saturated heterocycles. The van der Waals surface area contributed by atoms with Crippen molar-refractivity contribution in [2.75, 3.05) is 11.5 Å². The molecule has 0 aromatic heterocycles. The van der Waals surface area contributed by atoms with E-state index in [9.17, 15) is 0 Å². The standard InChI is InChI=1S/C8H15S2.ClHO4/c1-8(2,3)7-9-5-4-6-10-7;2-1(3,4)5/h4-6H2,1-3H3;(H,2,3,4,5)/q+1;/p-1. The molecule has 15 heavy (non-hydrogen) atoms. The van der Waals surface area contributed by atoms with Crippen LogP contribution in [0.2, 0.25) is 0 Å². The zero-order chi connectivity index (χ0) is 12.1. The summed E-state index contributed by atoms with van der Waals surface area (Å²) in [5.41, 5.74) is 0.412. The minimum atomic E-state index is -4.94. The third kappa shape index (κ3) is 10.8. The molecule has 0 bridgehead atoms. The van der Waals surface area contributed by atoms with Gasteiger partial charge in [0.1, 0.15) is 0 Å². The average molecular weight is 275 g/mol. The number of halogens is 1. The van der Waals surface area contributed by atoms with Gasteiger partial charge in [-0.15, -0.1) is 10.2 Å². The van der Waals surface area contributed by atoms with E-state index in [1.165, 1.54) is 17.9 Å². The molecule has 0 atom stereocenters. The van der Waals surface area contributed by atoms with Gasteiger partial charge in [-0.05, 0) is 0 Å². The minimum Gasteiger partial charge on any atom is -0.222 e. The highest BCUT2D eigenvalue weighted by atomic mass is 35.7. The predicted octanol–water partition coefficient (Wildman–Crippen LogP) is -2.37. The number of hydrogen-bond donors (Lipinski definition) is 0. The van der Waals surface area contributed by atoms with Gasteiger partial charge in [-0.25, -0.2) is 18.6 Å². The van der Waals surface area contributed by atoms with Crippen molar-refractivity contribution in [2.24, 2.45) is 5.41 Å². The van der Waals surface area contributed by atoms with Gasteiger partial charge < -0.3 is 0 Å². The molecule has 0 aromatic carbocycles. The summed E-state index contributed by atoms with van der Waals surface area (Å²) in [6, 6.07) is 0. The molecule has 0 spiro atoms. The molecule has 1 aliphatic heterocycles. The fourth-order valence-electron chi connectivity index (χ4n) is 0.863. The van der Waals surface area contributed by atoms with Crippen LogP contribution in [-0.4, -0.2) is 15.7 Å². The molecule has 1 rings (SSSR count). The van der Waals surface area contributed by atoms with Crippen molar-refractivity contribution in [2.45, 2.75) is 27.2 Å². The van der Waals surface area contributed by atoms with Crippen LogP contribution in [0.15, 0.2) is 0 Å². The van der Waals surface area contributed by atoms with Crippen LogP contribution in [-0.2, 0) is 11.4 Å². The topological polar surface area (TPSA) is 92.2 Å². The summed E-state index contributed by atoms with van der Waals surface area (Å²) >= 11 is 4.10. The van der Waals surface area contributed by atoms with Gasteiger partial charge in [0.25, 0.3) is 0 Å². The molecule has 0 radical (unpaired) electrons. The van der Waals surface area contributed by atoms with Crippen LogP contribution in [0, 0.1) is 15.7 Å². The van der Waals surface area contributed by atoms with Crippen molar-refractivity contribution < 1.29 is 28.9 Å². The smallest absolute Gasteiger partial charge is 0.222 e. The molecule has 90 valence electrons. The monoisotopic (exact) mass is 274 g/mol. The molecular weight excluding hydrogens is 260 g/mol. The van der Waals surface area contributed by atoms with E-state index < -0.39 is 10.2 Å². The van der Waals surface area contributed by atoms with Crippen LogP contribution < -0.4 is 18.6 Å². The molecule has 0 saturated carbocycles. The van der Waals surface area contributed by atoms with Crippen molar-refractivity contribution in [1.29, 1.82) is 0 Å². The summed E-state index contributed by atoms with van der Waals surface area (Å²) in [6.07, 6.45) is 1.38. The van der Waals surface area contributed by atoms with Crippen molar-refractivity contribution in [3.8, 4) is 0 Å². The second kappa shape index (κ2) is 6.34. The summed E-state index contributed by atoms with van der Waals surface area (Å²) in [7, 11) is -4.94. The third-order valence-electron chi connectivity index (χ3n) is 1.37. The molecule has 0 N–H and O–H groups in total. The summed E-state index contributed by atoms with van der Waals surface area (Å²) in [4.78, 5) is 0. The normalized spacial score (nSPS) is 17.7. The predicted molar refractivity (Wildman–Crippen MR) is 53.8 cm³/mol. The van der Waals surface area contributed by atoms with E-state index in [1.54, 1.807) is 4.20 Å². The summed E-state index contributed by atoms with van der Waals surface area (Å²) < 4.78 is 35.6. The van der Waals surface area contributed by atoms with Gasteiger partial charge in [0, 0.05) is 17.6 Å². The van der Waals surface area contributed by atoms with Crippen LogP contribution in [0.5, 0.6) is 0 Å². The fourth-order valence-corrected chi connectivity index (χ4v) is 3.69. The molecule has 0 amide bonds. The lowest BCUT2D eigenvalue weighted by molar-refractivity contribution is -2.00. The Bertz CT molecular complexity index is 214. The van der Waals surface area contributed by atoms with E-state index in [4.69, 9.17) is 18.6 Å². The van der Waals surface area contributed by atoms with Crippen LogP contribution in [0.25, 0.3) is 0 Å². The van der Waals surface area contributed by atoms with E-state index in [1.807, 2.05) is 23.1 Å². The molecule has 4 nitrogen and oxygen atoms in total. The van der Waals surface area contributed by atoms with Crippen LogP contribution in [0.4, 0.5) is 0 Å². The van der Waals surface area contributed by atoms with Crippen molar-refractivity contribution in [1.82, 2.24) is 0 Å². The van der Waals surface area contributed by atoms with Crippen molar-refractivity contribution in [3.05, 3.63) is 0 Å². The summed E-state index contributed by atoms with van der Waals surface area (Å²) in [5.74, 6) is 2.67. The molecule has 0 unspecified atom stereocenters. The maximum atomic E-state index is 8.49. The van der Waals surface area contributed by atoms with Crippen LogP contribution >= 0.6 is 11.8 Å². The van der Waals surface area contributed by atoms with Gasteiger partial charge >= 0.3 is 0 Å². The quantitative estimate of drug-likeness (QED) is 0.364. The van der Waals surface area contributed by atoms with E-state index in [0.717, 1.165) is 0 Å². The maximum Gasteiger partial charge on any atom is 0.239 e. The Labute approximate surface area is 100 Å². The molecular formula is C8H15ClO4S2. The first-order valence-electron chi connectivity index (χ1n) is 4.35. The number of thioether (sulfide) groups is 1. The van der Waals surface area contributed by atoms with Gasteiger partial charge in [0.15, 0.2) is 17.1 Å². The van der Waals surface area contributed by atoms with E-state index >= 15 is 0 Å². The van der Waals surface area contributed by atoms with Gasteiger partial charge in [0.2, 0.25) is 4.20 Å². The third-order valence-corrected chi connectivity index (χ3v) is 4.81. The molecule has 7 heteroatoms. The molecule has 0 aromatic rings. The fraction of sp³-hybridized carbons (Fsp3) is 0.875. The van der Waals surface area contributed by atoms with Crippen molar-refractivity contribution in [3.63, 3.8) is 0 Å². The Balaban J connectivity index is 0.000000336. The van der Waals surface area contributed by atoms with Crippen LogP contribution in [0.3, 0.4) is 0 Å². The highest BCUT2D eigenvalue weighted by Crippen LogP contribution is 2.26. The van der Waals surface area contributed by atoms with E-state index in [-0.39, 0.29) is 0 Å². The first kappa shape index (κ1) is 15.6. The summed E-state index contributed by atoms with van der Waals surface area (Å²) in [6.45, 7) is 6.90. The number of rotatable bonds is 0. The lowest BCUT2D eigenvalue weighted by atomic mass is 10.0. The van der Waals surface area contributed by atoms with Crippen LogP contribution in [0.1, 0.15) is 27.2 Å². The zero-order valence-electron chi connectivity index (χ0n) is 8.95. The highest BCUT2D eigenvalue weighted by molar-refractivity contribution is 8.23. The van der Waals surface area contributed by atoms with Gasteiger partial charge in [-0.2, -0.15) is 0 Å². The largest absolute Gasteiger partial charge is 0.239 e. The van der Waals surface area contributed by atoms with E-state index in [2.05, 4.69) is 20.8 Å². The number of hydrogen-bond acceptors (Lipinski definition) is 5. The second-order valence-electron chi connectivity index (χ2n) is 3.97. The van der Waals surface area contributed by atoms with E-state index in [0.29, 0.717) is 5.41 Å². The van der Waals surface area contributed by atoms with Crippen molar-refractivity contribution >= 4 is 27.3 Å². The maximum absolute atomic E-state index is 8.49. The zero-order valence-corrected chi connectivity index (χ0v) is 11.3. The van der Waals surface area contributed by atoms with Gasteiger partial charge in [-0.3, -0.25) is 0 Å². The Kier molecular flexibility index (Phi) is 6.58.